The van der Waals surface area contributed by atoms with E-state index in [1.807, 2.05) is 20.8 Å². The minimum atomic E-state index is -0.177. The standard InChI is InChI=1S/C10H20N6O/c1-10(2,3)12-9(17)5-6-11-7-8-13-15-16(4)14-8/h11H,5-7H2,1-4H3,(H,12,17). The summed E-state index contributed by atoms with van der Waals surface area (Å²) in [5.41, 5.74) is -0.177. The molecule has 0 aliphatic rings. The Labute approximate surface area is 101 Å². The number of hydrogen-bond donors (Lipinski definition) is 2. The van der Waals surface area contributed by atoms with E-state index in [1.165, 1.54) is 4.80 Å². The number of nitrogens with zero attached hydrogens (tertiary/aromatic N) is 4. The van der Waals surface area contributed by atoms with Gasteiger partial charge in [0.05, 0.1) is 13.6 Å². The summed E-state index contributed by atoms with van der Waals surface area (Å²) in [7, 11) is 1.72. The molecule has 1 aromatic heterocycles. The molecule has 1 amide bonds. The molecule has 17 heavy (non-hydrogen) atoms. The summed E-state index contributed by atoms with van der Waals surface area (Å²) in [6.07, 6.45) is 0.442. The van der Waals surface area contributed by atoms with Crippen molar-refractivity contribution >= 4 is 5.91 Å². The second-order valence-electron chi connectivity index (χ2n) is 4.92. The first-order valence-electron chi connectivity index (χ1n) is 5.61. The van der Waals surface area contributed by atoms with Crippen LogP contribution in [0.5, 0.6) is 0 Å². The Kier molecular flexibility index (Phi) is 4.56. The third-order valence-electron chi connectivity index (χ3n) is 1.88. The van der Waals surface area contributed by atoms with Crippen molar-refractivity contribution in [1.29, 1.82) is 0 Å². The number of aryl methyl sites for hydroxylation is 1. The van der Waals surface area contributed by atoms with Crippen LogP contribution in [0.4, 0.5) is 0 Å². The summed E-state index contributed by atoms with van der Waals surface area (Å²) in [5.74, 6) is 0.667. The molecule has 7 nitrogen and oxygen atoms in total. The average molecular weight is 240 g/mol. The zero-order valence-corrected chi connectivity index (χ0v) is 10.8. The Morgan fingerprint density at radius 2 is 2.12 bits per heavy atom. The Morgan fingerprint density at radius 1 is 1.41 bits per heavy atom. The Hall–Kier alpha value is -1.50. The Morgan fingerprint density at radius 3 is 2.65 bits per heavy atom. The van der Waals surface area contributed by atoms with E-state index in [0.29, 0.717) is 25.3 Å². The van der Waals surface area contributed by atoms with Crippen molar-refractivity contribution in [3.63, 3.8) is 0 Å². The SMILES string of the molecule is Cn1nnc(CNCCC(=O)NC(C)(C)C)n1. The van der Waals surface area contributed by atoms with Crippen molar-refractivity contribution in [1.82, 2.24) is 30.8 Å². The molecule has 0 unspecified atom stereocenters. The molecule has 0 aliphatic heterocycles. The molecule has 0 bridgehead atoms. The summed E-state index contributed by atoms with van der Waals surface area (Å²) in [6.45, 7) is 7.00. The first-order valence-corrected chi connectivity index (χ1v) is 5.61. The molecule has 2 N–H and O–H groups in total. The van der Waals surface area contributed by atoms with Gasteiger partial charge in [-0.25, -0.2) is 0 Å². The molecule has 96 valence electrons. The smallest absolute Gasteiger partial charge is 0.221 e. The molecule has 0 saturated carbocycles. The fourth-order valence-corrected chi connectivity index (χ4v) is 1.28. The van der Waals surface area contributed by atoms with E-state index in [9.17, 15) is 4.79 Å². The highest BCUT2D eigenvalue weighted by Crippen LogP contribution is 1.98. The fraction of sp³-hybridized carbons (Fsp3) is 0.800. The van der Waals surface area contributed by atoms with Gasteiger partial charge < -0.3 is 10.6 Å². The number of carbonyl (C=O) groups is 1. The molecule has 0 saturated heterocycles. The number of nitrogens with one attached hydrogen (secondary N) is 2. The van der Waals surface area contributed by atoms with E-state index in [1.54, 1.807) is 7.05 Å². The van der Waals surface area contributed by atoms with E-state index in [2.05, 4.69) is 26.0 Å². The first-order chi connectivity index (χ1) is 7.87. The number of aromatic nitrogens is 4. The second kappa shape index (κ2) is 5.72. The van der Waals surface area contributed by atoms with Crippen molar-refractivity contribution in [3.05, 3.63) is 5.82 Å². The fourth-order valence-electron chi connectivity index (χ4n) is 1.28. The highest BCUT2D eigenvalue weighted by molar-refractivity contribution is 5.76. The van der Waals surface area contributed by atoms with Gasteiger partial charge in [0.25, 0.3) is 0 Å². The van der Waals surface area contributed by atoms with Crippen LogP contribution in [0.3, 0.4) is 0 Å². The molecule has 0 aliphatic carbocycles. The van der Waals surface area contributed by atoms with Gasteiger partial charge in [0.15, 0.2) is 5.82 Å². The molecular formula is C10H20N6O. The first kappa shape index (κ1) is 13.6. The van der Waals surface area contributed by atoms with E-state index in [0.717, 1.165) is 0 Å². The third-order valence-corrected chi connectivity index (χ3v) is 1.88. The van der Waals surface area contributed by atoms with Gasteiger partial charge in [-0.05, 0) is 26.0 Å². The predicted molar refractivity (Wildman–Crippen MR) is 63.0 cm³/mol. The topological polar surface area (TPSA) is 84.7 Å². The number of tetrazole rings is 1. The lowest BCUT2D eigenvalue weighted by Gasteiger charge is -2.20. The monoisotopic (exact) mass is 240 g/mol. The van der Waals surface area contributed by atoms with Crippen LogP contribution in [0.2, 0.25) is 0 Å². The normalized spacial score (nSPS) is 11.5. The number of hydrogen-bond acceptors (Lipinski definition) is 5. The molecule has 0 fully saturated rings. The zero-order chi connectivity index (χ0) is 12.9. The van der Waals surface area contributed by atoms with Crippen LogP contribution >= 0.6 is 0 Å². The molecular weight excluding hydrogens is 220 g/mol. The van der Waals surface area contributed by atoms with E-state index >= 15 is 0 Å². The molecule has 0 atom stereocenters. The second-order valence-corrected chi connectivity index (χ2v) is 4.92. The quantitative estimate of drug-likeness (QED) is 0.684. The average Bonchev–Trinajstić information content (AvgIpc) is 2.56. The number of amides is 1. The largest absolute Gasteiger partial charge is 0.351 e. The van der Waals surface area contributed by atoms with Gasteiger partial charge in [-0.2, -0.15) is 4.80 Å². The Balaban J connectivity index is 2.14. The summed E-state index contributed by atoms with van der Waals surface area (Å²) >= 11 is 0. The number of carbonyl (C=O) groups excluding carboxylic acids is 1. The van der Waals surface area contributed by atoms with Gasteiger partial charge in [0.2, 0.25) is 5.91 Å². The minimum Gasteiger partial charge on any atom is -0.351 e. The molecule has 1 rings (SSSR count). The van der Waals surface area contributed by atoms with Gasteiger partial charge in [-0.15, -0.1) is 10.2 Å². The van der Waals surface area contributed by atoms with Gasteiger partial charge in [0.1, 0.15) is 0 Å². The lowest BCUT2D eigenvalue weighted by Crippen LogP contribution is -2.41. The Bertz CT molecular complexity index is 367. The highest BCUT2D eigenvalue weighted by Gasteiger charge is 2.12. The van der Waals surface area contributed by atoms with Crippen molar-refractivity contribution in [2.45, 2.75) is 39.3 Å². The van der Waals surface area contributed by atoms with Crippen LogP contribution in [0.1, 0.15) is 33.0 Å². The maximum atomic E-state index is 11.5. The van der Waals surface area contributed by atoms with Crippen LogP contribution in [0.15, 0.2) is 0 Å². The lowest BCUT2D eigenvalue weighted by atomic mass is 10.1. The van der Waals surface area contributed by atoms with Crippen molar-refractivity contribution in [2.75, 3.05) is 6.54 Å². The van der Waals surface area contributed by atoms with Crippen LogP contribution < -0.4 is 10.6 Å². The minimum absolute atomic E-state index is 0.0390. The molecule has 0 aromatic carbocycles. The molecule has 1 aromatic rings. The lowest BCUT2D eigenvalue weighted by molar-refractivity contribution is -0.122. The van der Waals surface area contributed by atoms with Gasteiger partial charge >= 0.3 is 0 Å². The summed E-state index contributed by atoms with van der Waals surface area (Å²) in [6, 6.07) is 0. The third kappa shape index (κ3) is 5.96. The molecule has 0 radical (unpaired) electrons. The van der Waals surface area contributed by atoms with Crippen LogP contribution in [0, 0.1) is 0 Å². The van der Waals surface area contributed by atoms with Crippen molar-refractivity contribution in [3.8, 4) is 0 Å². The summed E-state index contributed by atoms with van der Waals surface area (Å²) in [5, 5.41) is 17.6. The van der Waals surface area contributed by atoms with E-state index < -0.39 is 0 Å². The molecule has 0 spiro atoms. The molecule has 1 heterocycles. The van der Waals surface area contributed by atoms with Gasteiger partial charge in [-0.3, -0.25) is 4.79 Å². The summed E-state index contributed by atoms with van der Waals surface area (Å²) < 4.78 is 0. The van der Waals surface area contributed by atoms with E-state index in [-0.39, 0.29) is 11.4 Å². The maximum absolute atomic E-state index is 11.5. The van der Waals surface area contributed by atoms with Crippen molar-refractivity contribution in [2.24, 2.45) is 7.05 Å². The van der Waals surface area contributed by atoms with E-state index in [4.69, 9.17) is 0 Å². The van der Waals surface area contributed by atoms with Gasteiger partial charge in [0, 0.05) is 18.5 Å². The number of rotatable bonds is 5. The predicted octanol–water partition coefficient (Wildman–Crippen LogP) is -0.395. The maximum Gasteiger partial charge on any atom is 0.221 e. The van der Waals surface area contributed by atoms with Crippen LogP contribution in [0.25, 0.3) is 0 Å². The highest BCUT2D eigenvalue weighted by atomic mass is 16.1. The van der Waals surface area contributed by atoms with Crippen LogP contribution in [-0.4, -0.2) is 38.2 Å². The molecule has 7 heteroatoms. The van der Waals surface area contributed by atoms with Crippen LogP contribution in [-0.2, 0) is 18.4 Å². The van der Waals surface area contributed by atoms with Crippen molar-refractivity contribution < 1.29 is 4.79 Å². The zero-order valence-electron chi connectivity index (χ0n) is 10.8. The van der Waals surface area contributed by atoms with Gasteiger partial charge in [-0.1, -0.05) is 0 Å². The summed E-state index contributed by atoms with van der Waals surface area (Å²) in [4.78, 5) is 12.9.